The summed E-state index contributed by atoms with van der Waals surface area (Å²) in [6.45, 7) is 5.33. The molecule has 1 aliphatic carbocycles. The van der Waals surface area contributed by atoms with Gasteiger partial charge in [-0.15, -0.1) is 0 Å². The normalized spacial score (nSPS) is 18.2. The molecule has 0 heterocycles. The maximum Gasteiger partial charge on any atom is 0.0456 e. The summed E-state index contributed by atoms with van der Waals surface area (Å²) >= 11 is 12.8. The second-order valence-corrected chi connectivity index (χ2v) is 6.66. The van der Waals surface area contributed by atoms with E-state index in [1.54, 1.807) is 0 Å². The summed E-state index contributed by atoms with van der Waals surface area (Å²) in [5.41, 5.74) is 1.14. The molecule has 19 heavy (non-hydrogen) atoms. The quantitative estimate of drug-likeness (QED) is 0.781. The maximum absolute atomic E-state index is 6.41. The van der Waals surface area contributed by atoms with E-state index in [4.69, 9.17) is 23.2 Å². The molecule has 0 radical (unpaired) electrons. The SMILES string of the molecule is CC(C)NCC(c1c(Cl)cccc1Cl)C1CCCC1. The molecule has 2 rings (SSSR count). The van der Waals surface area contributed by atoms with Crippen molar-refractivity contribution in [3.05, 3.63) is 33.8 Å². The van der Waals surface area contributed by atoms with Crippen molar-refractivity contribution in [3.8, 4) is 0 Å². The molecule has 1 aromatic carbocycles. The fourth-order valence-electron chi connectivity index (χ4n) is 3.09. The molecule has 3 heteroatoms. The van der Waals surface area contributed by atoms with Crippen LogP contribution in [0.4, 0.5) is 0 Å². The predicted octanol–water partition coefficient (Wildman–Crippen LogP) is 5.27. The molecule has 0 saturated heterocycles. The van der Waals surface area contributed by atoms with Crippen molar-refractivity contribution >= 4 is 23.2 Å². The summed E-state index contributed by atoms with van der Waals surface area (Å²) in [7, 11) is 0. The van der Waals surface area contributed by atoms with Gasteiger partial charge in [-0.2, -0.15) is 0 Å². The van der Waals surface area contributed by atoms with Gasteiger partial charge in [-0.1, -0.05) is 56.0 Å². The smallest absolute Gasteiger partial charge is 0.0456 e. The summed E-state index contributed by atoms with van der Waals surface area (Å²) in [5.74, 6) is 1.15. The molecule has 0 spiro atoms. The van der Waals surface area contributed by atoms with Crippen molar-refractivity contribution in [3.63, 3.8) is 0 Å². The Morgan fingerprint density at radius 2 is 1.74 bits per heavy atom. The van der Waals surface area contributed by atoms with Gasteiger partial charge in [-0.05, 0) is 36.5 Å². The highest BCUT2D eigenvalue weighted by molar-refractivity contribution is 6.36. The Bertz CT molecular complexity index is 391. The highest BCUT2D eigenvalue weighted by Gasteiger charge is 2.29. The molecule has 1 aliphatic rings. The van der Waals surface area contributed by atoms with Gasteiger partial charge in [0.2, 0.25) is 0 Å². The van der Waals surface area contributed by atoms with Crippen LogP contribution in [0.15, 0.2) is 18.2 Å². The largest absolute Gasteiger partial charge is 0.314 e. The van der Waals surface area contributed by atoms with E-state index < -0.39 is 0 Å². The molecule has 0 bridgehead atoms. The van der Waals surface area contributed by atoms with Gasteiger partial charge >= 0.3 is 0 Å². The zero-order chi connectivity index (χ0) is 13.8. The highest BCUT2D eigenvalue weighted by Crippen LogP contribution is 2.42. The molecule has 1 fully saturated rings. The molecular weight excluding hydrogens is 277 g/mol. The molecule has 1 unspecified atom stereocenters. The van der Waals surface area contributed by atoms with Crippen molar-refractivity contribution in [2.45, 2.75) is 51.5 Å². The third kappa shape index (κ3) is 3.87. The van der Waals surface area contributed by atoms with Crippen LogP contribution < -0.4 is 5.32 Å². The fourth-order valence-corrected chi connectivity index (χ4v) is 3.77. The summed E-state index contributed by atoms with van der Waals surface area (Å²) in [6.07, 6.45) is 5.27. The zero-order valence-electron chi connectivity index (χ0n) is 11.8. The summed E-state index contributed by atoms with van der Waals surface area (Å²) in [4.78, 5) is 0. The van der Waals surface area contributed by atoms with Crippen molar-refractivity contribution in [1.29, 1.82) is 0 Å². The minimum absolute atomic E-state index is 0.436. The Labute approximate surface area is 126 Å². The van der Waals surface area contributed by atoms with E-state index in [9.17, 15) is 0 Å². The fraction of sp³-hybridized carbons (Fsp3) is 0.625. The first-order chi connectivity index (χ1) is 9.09. The highest BCUT2D eigenvalue weighted by atomic mass is 35.5. The van der Waals surface area contributed by atoms with Crippen LogP contribution >= 0.6 is 23.2 Å². The van der Waals surface area contributed by atoms with Crippen LogP contribution in [-0.4, -0.2) is 12.6 Å². The zero-order valence-corrected chi connectivity index (χ0v) is 13.3. The molecule has 1 saturated carbocycles. The lowest BCUT2D eigenvalue weighted by Crippen LogP contribution is -2.31. The number of halogens is 2. The Kier molecular flexibility index (Phi) is 5.56. The van der Waals surface area contributed by atoms with E-state index in [1.807, 2.05) is 18.2 Å². The van der Waals surface area contributed by atoms with Crippen molar-refractivity contribution in [2.75, 3.05) is 6.54 Å². The summed E-state index contributed by atoms with van der Waals surface area (Å²) in [6, 6.07) is 6.33. The lowest BCUT2D eigenvalue weighted by molar-refractivity contribution is 0.398. The first-order valence-corrected chi connectivity index (χ1v) is 8.02. The second-order valence-electron chi connectivity index (χ2n) is 5.85. The van der Waals surface area contributed by atoms with Crippen LogP contribution in [0.5, 0.6) is 0 Å². The number of benzene rings is 1. The number of nitrogens with one attached hydrogen (secondary N) is 1. The molecule has 1 N–H and O–H groups in total. The van der Waals surface area contributed by atoms with Crippen molar-refractivity contribution < 1.29 is 0 Å². The molecule has 1 atom stereocenters. The van der Waals surface area contributed by atoms with Crippen LogP contribution in [0.2, 0.25) is 10.0 Å². The van der Waals surface area contributed by atoms with Gasteiger partial charge in [0.15, 0.2) is 0 Å². The number of hydrogen-bond acceptors (Lipinski definition) is 1. The lowest BCUT2D eigenvalue weighted by atomic mass is 9.84. The summed E-state index contributed by atoms with van der Waals surface area (Å²) < 4.78 is 0. The van der Waals surface area contributed by atoms with E-state index in [-0.39, 0.29) is 0 Å². The second kappa shape index (κ2) is 6.97. The molecule has 0 aromatic heterocycles. The average molecular weight is 300 g/mol. The van der Waals surface area contributed by atoms with Gasteiger partial charge in [0.05, 0.1) is 0 Å². The van der Waals surface area contributed by atoms with Gasteiger partial charge in [-0.3, -0.25) is 0 Å². The van der Waals surface area contributed by atoms with Crippen molar-refractivity contribution in [1.82, 2.24) is 5.32 Å². The van der Waals surface area contributed by atoms with E-state index >= 15 is 0 Å². The van der Waals surface area contributed by atoms with Crippen LogP contribution in [0, 0.1) is 5.92 Å². The first-order valence-electron chi connectivity index (χ1n) is 7.27. The topological polar surface area (TPSA) is 12.0 Å². The minimum atomic E-state index is 0.436. The third-order valence-corrected chi connectivity index (χ3v) is 4.74. The third-order valence-electron chi connectivity index (χ3n) is 4.09. The van der Waals surface area contributed by atoms with E-state index in [0.29, 0.717) is 17.9 Å². The Hall–Kier alpha value is -0.240. The van der Waals surface area contributed by atoms with Gasteiger partial charge in [0.1, 0.15) is 0 Å². The molecular formula is C16H23Cl2N. The van der Waals surface area contributed by atoms with Gasteiger partial charge in [0.25, 0.3) is 0 Å². The standard InChI is InChI=1S/C16H23Cl2N/c1-11(2)19-10-13(12-6-3-4-7-12)16-14(17)8-5-9-15(16)18/h5,8-9,11-13,19H,3-4,6-7,10H2,1-2H3. The van der Waals surface area contributed by atoms with Gasteiger partial charge in [-0.25, -0.2) is 0 Å². The van der Waals surface area contributed by atoms with E-state index in [1.165, 1.54) is 25.7 Å². The van der Waals surface area contributed by atoms with Crippen molar-refractivity contribution in [2.24, 2.45) is 5.92 Å². The van der Waals surface area contributed by atoms with Crippen LogP contribution in [0.25, 0.3) is 0 Å². The van der Waals surface area contributed by atoms with E-state index in [0.717, 1.165) is 22.2 Å². The minimum Gasteiger partial charge on any atom is -0.314 e. The monoisotopic (exact) mass is 299 g/mol. The first kappa shape index (κ1) is 15.2. The van der Waals surface area contributed by atoms with Gasteiger partial charge < -0.3 is 5.32 Å². The molecule has 1 aromatic rings. The molecule has 0 amide bonds. The predicted molar refractivity (Wildman–Crippen MR) is 84.3 cm³/mol. The van der Waals surface area contributed by atoms with Crippen LogP contribution in [0.3, 0.4) is 0 Å². The Morgan fingerprint density at radius 1 is 1.16 bits per heavy atom. The Balaban J connectivity index is 2.25. The van der Waals surface area contributed by atoms with Gasteiger partial charge in [0, 0.05) is 28.5 Å². The maximum atomic E-state index is 6.41. The molecule has 106 valence electrons. The molecule has 0 aliphatic heterocycles. The van der Waals surface area contributed by atoms with Crippen LogP contribution in [-0.2, 0) is 0 Å². The van der Waals surface area contributed by atoms with E-state index in [2.05, 4.69) is 19.2 Å². The number of rotatable bonds is 5. The summed E-state index contributed by atoms with van der Waals surface area (Å²) in [5, 5.41) is 5.19. The molecule has 1 nitrogen and oxygen atoms in total. The van der Waals surface area contributed by atoms with Crippen LogP contribution in [0.1, 0.15) is 51.0 Å². The number of hydrogen-bond donors (Lipinski definition) is 1. The lowest BCUT2D eigenvalue weighted by Gasteiger charge is -2.27. The Morgan fingerprint density at radius 3 is 2.26 bits per heavy atom. The average Bonchev–Trinajstić information content (AvgIpc) is 2.86.